The second-order valence-electron chi connectivity index (χ2n) is 5.19. The van der Waals surface area contributed by atoms with E-state index >= 15 is 0 Å². The molecule has 0 saturated heterocycles. The molecule has 1 atom stereocenters. The Kier molecular flexibility index (Phi) is 3.36. The van der Waals surface area contributed by atoms with Crippen molar-refractivity contribution in [3.63, 3.8) is 0 Å². The molecule has 1 heterocycles. The first-order valence-corrected chi connectivity index (χ1v) is 6.90. The van der Waals surface area contributed by atoms with Gasteiger partial charge >= 0.3 is 0 Å². The van der Waals surface area contributed by atoms with Gasteiger partial charge in [-0.05, 0) is 36.6 Å². The van der Waals surface area contributed by atoms with Crippen LogP contribution in [0.15, 0.2) is 36.4 Å². The second-order valence-corrected chi connectivity index (χ2v) is 5.19. The minimum Gasteiger partial charge on any atom is -0.486 e. The molecule has 0 aliphatic carbocycles. The van der Waals surface area contributed by atoms with Crippen LogP contribution in [0.25, 0.3) is 11.1 Å². The van der Waals surface area contributed by atoms with Crippen LogP contribution in [0.4, 0.5) is 0 Å². The number of aryl methyl sites for hydroxylation is 2. The lowest BCUT2D eigenvalue weighted by molar-refractivity contribution is 0.0976. The molecule has 0 bridgehead atoms. The summed E-state index contributed by atoms with van der Waals surface area (Å²) >= 11 is 0. The molecule has 0 spiro atoms. The molecule has 3 nitrogen and oxygen atoms in total. The summed E-state index contributed by atoms with van der Waals surface area (Å²) in [6, 6.07) is 12.3. The summed E-state index contributed by atoms with van der Waals surface area (Å²) in [5, 5.41) is 0. The molecule has 2 N–H and O–H groups in total. The molecule has 1 aliphatic rings. The zero-order chi connectivity index (χ0) is 14.1. The first-order chi connectivity index (χ1) is 9.70. The van der Waals surface area contributed by atoms with Gasteiger partial charge in [0.2, 0.25) is 0 Å². The van der Waals surface area contributed by atoms with Crippen molar-refractivity contribution in [1.29, 1.82) is 0 Å². The van der Waals surface area contributed by atoms with Gasteiger partial charge in [-0.2, -0.15) is 0 Å². The van der Waals surface area contributed by atoms with Gasteiger partial charge < -0.3 is 15.2 Å². The van der Waals surface area contributed by atoms with E-state index in [0.29, 0.717) is 13.2 Å². The van der Waals surface area contributed by atoms with Crippen molar-refractivity contribution in [3.05, 3.63) is 47.5 Å². The van der Waals surface area contributed by atoms with Crippen LogP contribution in [0.3, 0.4) is 0 Å². The van der Waals surface area contributed by atoms with Gasteiger partial charge in [-0.1, -0.05) is 30.3 Å². The molecule has 0 saturated carbocycles. The summed E-state index contributed by atoms with van der Waals surface area (Å²) in [4.78, 5) is 0. The molecule has 3 rings (SSSR count). The maximum absolute atomic E-state index is 6.03. The number of rotatable bonds is 2. The van der Waals surface area contributed by atoms with E-state index in [1.165, 1.54) is 16.7 Å². The number of para-hydroxylation sites is 1. The van der Waals surface area contributed by atoms with E-state index in [9.17, 15) is 0 Å². The Labute approximate surface area is 119 Å². The van der Waals surface area contributed by atoms with Crippen molar-refractivity contribution in [2.45, 2.75) is 20.0 Å². The van der Waals surface area contributed by atoms with E-state index in [-0.39, 0.29) is 6.10 Å². The molecule has 0 fully saturated rings. The molecule has 0 radical (unpaired) electrons. The largest absolute Gasteiger partial charge is 0.486 e. The molecule has 0 aromatic heterocycles. The van der Waals surface area contributed by atoms with E-state index in [2.05, 4.69) is 38.1 Å². The number of fused-ring (bicyclic) bond motifs is 1. The predicted molar refractivity (Wildman–Crippen MR) is 80.3 cm³/mol. The maximum Gasteiger partial charge on any atom is 0.169 e. The zero-order valence-corrected chi connectivity index (χ0v) is 11.8. The van der Waals surface area contributed by atoms with Gasteiger partial charge in [-0.15, -0.1) is 0 Å². The van der Waals surface area contributed by atoms with Crippen molar-refractivity contribution < 1.29 is 9.47 Å². The normalized spacial score (nSPS) is 17.1. The van der Waals surface area contributed by atoms with Crippen molar-refractivity contribution in [3.8, 4) is 22.6 Å². The highest BCUT2D eigenvalue weighted by molar-refractivity contribution is 5.78. The van der Waals surface area contributed by atoms with Gasteiger partial charge in [-0.3, -0.25) is 0 Å². The highest BCUT2D eigenvalue weighted by Gasteiger charge is 2.24. The number of benzene rings is 2. The third kappa shape index (κ3) is 2.14. The predicted octanol–water partition coefficient (Wildman–Crippen LogP) is 3.07. The third-order valence-corrected chi connectivity index (χ3v) is 3.70. The Bertz CT molecular complexity index is 617. The summed E-state index contributed by atoms with van der Waals surface area (Å²) in [5.74, 6) is 1.61. The van der Waals surface area contributed by atoms with Gasteiger partial charge in [0.15, 0.2) is 11.5 Å². The molecular weight excluding hydrogens is 250 g/mol. The average Bonchev–Trinajstić information content (AvgIpc) is 2.47. The summed E-state index contributed by atoms with van der Waals surface area (Å²) in [6.45, 7) is 5.21. The molecule has 1 aliphatic heterocycles. The fourth-order valence-electron chi connectivity index (χ4n) is 2.69. The summed E-state index contributed by atoms with van der Waals surface area (Å²) in [7, 11) is 0. The fraction of sp³-hybridized carbons (Fsp3) is 0.294. The number of hydrogen-bond acceptors (Lipinski definition) is 3. The van der Waals surface area contributed by atoms with Crippen molar-refractivity contribution >= 4 is 0 Å². The Morgan fingerprint density at radius 2 is 1.80 bits per heavy atom. The standard InChI is InChI=1S/C17H19NO2/c1-11-5-3-6-12(2)16(11)14-7-4-8-15-17(14)20-13(9-18)10-19-15/h3-8,13H,9-10,18H2,1-2H3/t13-/m0/s1. The van der Waals surface area contributed by atoms with E-state index in [1.54, 1.807) is 0 Å². The summed E-state index contributed by atoms with van der Waals surface area (Å²) in [6.07, 6.45) is -0.0759. The maximum atomic E-state index is 6.03. The topological polar surface area (TPSA) is 44.5 Å². The van der Waals surface area contributed by atoms with Crippen molar-refractivity contribution in [2.24, 2.45) is 5.73 Å². The van der Waals surface area contributed by atoms with Crippen molar-refractivity contribution in [2.75, 3.05) is 13.2 Å². The van der Waals surface area contributed by atoms with Crippen LogP contribution in [-0.4, -0.2) is 19.3 Å². The molecule has 3 heteroatoms. The van der Waals surface area contributed by atoms with Gasteiger partial charge in [0.1, 0.15) is 12.7 Å². The monoisotopic (exact) mass is 269 g/mol. The van der Waals surface area contributed by atoms with E-state index in [0.717, 1.165) is 17.1 Å². The zero-order valence-electron chi connectivity index (χ0n) is 11.8. The van der Waals surface area contributed by atoms with Crippen LogP contribution < -0.4 is 15.2 Å². The number of hydrogen-bond donors (Lipinski definition) is 1. The van der Waals surface area contributed by atoms with Crippen LogP contribution in [0, 0.1) is 13.8 Å². The SMILES string of the molecule is Cc1cccc(C)c1-c1cccc2c1O[C@@H](CN)CO2. The molecule has 2 aromatic rings. The van der Waals surface area contributed by atoms with E-state index in [4.69, 9.17) is 15.2 Å². The van der Waals surface area contributed by atoms with Crippen LogP contribution in [0.2, 0.25) is 0 Å². The highest BCUT2D eigenvalue weighted by atomic mass is 16.6. The van der Waals surface area contributed by atoms with E-state index < -0.39 is 0 Å². The molecule has 2 aromatic carbocycles. The number of ether oxygens (including phenoxy) is 2. The lowest BCUT2D eigenvalue weighted by Crippen LogP contribution is -2.35. The van der Waals surface area contributed by atoms with Crippen LogP contribution in [-0.2, 0) is 0 Å². The second kappa shape index (κ2) is 5.17. The van der Waals surface area contributed by atoms with Gasteiger partial charge in [0, 0.05) is 12.1 Å². The minimum absolute atomic E-state index is 0.0759. The fourth-order valence-corrected chi connectivity index (χ4v) is 2.69. The first-order valence-electron chi connectivity index (χ1n) is 6.90. The molecular formula is C17H19NO2. The summed E-state index contributed by atoms with van der Waals surface area (Å²) in [5.41, 5.74) is 10.5. The molecule has 20 heavy (non-hydrogen) atoms. The van der Waals surface area contributed by atoms with Crippen LogP contribution in [0.1, 0.15) is 11.1 Å². The lowest BCUT2D eigenvalue weighted by atomic mass is 9.94. The quantitative estimate of drug-likeness (QED) is 0.911. The van der Waals surface area contributed by atoms with Gasteiger partial charge in [0.05, 0.1) is 0 Å². The smallest absolute Gasteiger partial charge is 0.169 e. The van der Waals surface area contributed by atoms with Gasteiger partial charge in [-0.25, -0.2) is 0 Å². The lowest BCUT2D eigenvalue weighted by Gasteiger charge is -2.28. The van der Waals surface area contributed by atoms with Crippen LogP contribution in [0.5, 0.6) is 11.5 Å². The minimum atomic E-state index is -0.0759. The summed E-state index contributed by atoms with van der Waals surface area (Å²) < 4.78 is 11.8. The van der Waals surface area contributed by atoms with E-state index in [1.807, 2.05) is 12.1 Å². The number of nitrogens with two attached hydrogens (primary N) is 1. The Morgan fingerprint density at radius 1 is 1.10 bits per heavy atom. The first kappa shape index (κ1) is 13.0. The molecule has 104 valence electrons. The Balaban J connectivity index is 2.16. The van der Waals surface area contributed by atoms with Crippen LogP contribution >= 0.6 is 0 Å². The van der Waals surface area contributed by atoms with Crippen molar-refractivity contribution in [1.82, 2.24) is 0 Å². The third-order valence-electron chi connectivity index (χ3n) is 3.70. The molecule has 0 unspecified atom stereocenters. The highest BCUT2D eigenvalue weighted by Crippen LogP contribution is 2.42. The van der Waals surface area contributed by atoms with Gasteiger partial charge in [0.25, 0.3) is 0 Å². The molecule has 0 amide bonds. The Morgan fingerprint density at radius 3 is 2.50 bits per heavy atom. The Hall–Kier alpha value is -2.00. The average molecular weight is 269 g/mol.